The van der Waals surface area contributed by atoms with Gasteiger partial charge in [-0.2, -0.15) is 0 Å². The van der Waals surface area contributed by atoms with Crippen molar-refractivity contribution >= 4 is 34.9 Å². The molecule has 2 rings (SSSR count). The molecule has 108 valence electrons. The molecule has 0 saturated carbocycles. The van der Waals surface area contributed by atoms with Crippen molar-refractivity contribution in [2.45, 2.75) is 6.92 Å². The molecule has 2 aromatic carbocycles. The van der Waals surface area contributed by atoms with Crippen LogP contribution in [-0.4, -0.2) is 11.9 Å². The van der Waals surface area contributed by atoms with Gasteiger partial charge in [0.05, 0.1) is 0 Å². The Morgan fingerprint density at radius 1 is 1.10 bits per heavy atom. The smallest absolute Gasteiger partial charge is 0.316 e. The number of hydrogen-bond acceptors (Lipinski definition) is 2. The highest BCUT2D eigenvalue weighted by atomic mass is 35.5. The molecule has 6 heteroatoms. The normalized spacial score (nSPS) is 10.0. The highest BCUT2D eigenvalue weighted by Crippen LogP contribution is 2.20. The number of benzene rings is 2. The number of amides is 3. The van der Waals surface area contributed by atoms with Crippen LogP contribution in [0.5, 0.6) is 0 Å². The zero-order valence-corrected chi connectivity index (χ0v) is 12.1. The summed E-state index contributed by atoms with van der Waals surface area (Å²) in [5, 5.41) is 5.83. The topological polar surface area (TPSA) is 84.2 Å². The molecular formula is C15H14ClN3O2. The molecule has 0 aliphatic heterocycles. The van der Waals surface area contributed by atoms with E-state index in [1.807, 2.05) is 6.92 Å². The van der Waals surface area contributed by atoms with E-state index >= 15 is 0 Å². The third-order valence-electron chi connectivity index (χ3n) is 2.83. The molecule has 0 heterocycles. The molecule has 0 bridgehead atoms. The molecule has 0 unspecified atom stereocenters. The fourth-order valence-electron chi connectivity index (χ4n) is 1.84. The van der Waals surface area contributed by atoms with Gasteiger partial charge in [-0.1, -0.05) is 17.7 Å². The van der Waals surface area contributed by atoms with Gasteiger partial charge in [-0.3, -0.25) is 4.79 Å². The van der Waals surface area contributed by atoms with Gasteiger partial charge in [0.25, 0.3) is 5.91 Å². The molecule has 0 atom stereocenters. The Balaban J connectivity index is 2.18. The van der Waals surface area contributed by atoms with Crippen molar-refractivity contribution in [3.05, 3.63) is 58.6 Å². The number of primary amides is 1. The van der Waals surface area contributed by atoms with Crippen LogP contribution in [-0.2, 0) is 0 Å². The van der Waals surface area contributed by atoms with Crippen molar-refractivity contribution in [1.29, 1.82) is 0 Å². The lowest BCUT2D eigenvalue weighted by Gasteiger charge is -2.09. The molecule has 0 fully saturated rings. The van der Waals surface area contributed by atoms with E-state index in [0.29, 0.717) is 22.0 Å². The highest BCUT2D eigenvalue weighted by Gasteiger charge is 2.09. The van der Waals surface area contributed by atoms with E-state index in [1.165, 1.54) is 0 Å². The van der Waals surface area contributed by atoms with Crippen molar-refractivity contribution in [2.75, 3.05) is 10.6 Å². The van der Waals surface area contributed by atoms with Gasteiger partial charge in [0, 0.05) is 22.0 Å². The van der Waals surface area contributed by atoms with Crippen LogP contribution in [0.25, 0.3) is 0 Å². The Labute approximate surface area is 127 Å². The van der Waals surface area contributed by atoms with E-state index in [2.05, 4.69) is 10.6 Å². The molecule has 0 aromatic heterocycles. The summed E-state index contributed by atoms with van der Waals surface area (Å²) in [4.78, 5) is 23.0. The molecule has 0 aliphatic carbocycles. The first kappa shape index (κ1) is 14.9. The van der Waals surface area contributed by atoms with Crippen LogP contribution in [0.15, 0.2) is 42.5 Å². The van der Waals surface area contributed by atoms with E-state index in [0.717, 1.165) is 5.56 Å². The van der Waals surface area contributed by atoms with Crippen LogP contribution in [0, 0.1) is 6.92 Å². The summed E-state index contributed by atoms with van der Waals surface area (Å²) in [6.45, 7) is 1.85. The zero-order valence-electron chi connectivity index (χ0n) is 11.3. The maximum Gasteiger partial charge on any atom is 0.316 e. The van der Waals surface area contributed by atoms with E-state index in [-0.39, 0.29) is 5.91 Å². The second-order valence-corrected chi connectivity index (χ2v) is 4.92. The third kappa shape index (κ3) is 3.97. The number of carbonyl (C=O) groups is 2. The van der Waals surface area contributed by atoms with Gasteiger partial charge in [0.1, 0.15) is 0 Å². The number of halogens is 1. The van der Waals surface area contributed by atoms with Gasteiger partial charge in [-0.05, 0) is 48.9 Å². The summed E-state index contributed by atoms with van der Waals surface area (Å²) in [7, 11) is 0. The van der Waals surface area contributed by atoms with E-state index in [4.69, 9.17) is 17.3 Å². The Morgan fingerprint density at radius 3 is 2.52 bits per heavy atom. The zero-order chi connectivity index (χ0) is 15.4. The Morgan fingerprint density at radius 2 is 1.86 bits per heavy atom. The molecular weight excluding hydrogens is 290 g/mol. The van der Waals surface area contributed by atoms with Crippen LogP contribution < -0.4 is 16.4 Å². The average Bonchev–Trinajstić information content (AvgIpc) is 2.41. The van der Waals surface area contributed by atoms with Gasteiger partial charge < -0.3 is 16.4 Å². The number of anilines is 2. The second kappa shape index (κ2) is 6.28. The highest BCUT2D eigenvalue weighted by molar-refractivity contribution is 6.30. The predicted molar refractivity (Wildman–Crippen MR) is 83.8 cm³/mol. The lowest BCUT2D eigenvalue weighted by molar-refractivity contribution is 0.102. The fourth-order valence-corrected chi connectivity index (χ4v) is 2.07. The molecule has 3 amide bonds. The quantitative estimate of drug-likeness (QED) is 0.812. The summed E-state index contributed by atoms with van der Waals surface area (Å²) < 4.78 is 0. The SMILES string of the molecule is Cc1cc(Cl)ccc1NC(=O)c1cccc(NC(N)=O)c1. The number of carbonyl (C=O) groups excluding carboxylic acids is 2. The molecule has 5 nitrogen and oxygen atoms in total. The van der Waals surface area contributed by atoms with Gasteiger partial charge in [-0.15, -0.1) is 0 Å². The largest absolute Gasteiger partial charge is 0.351 e. The van der Waals surface area contributed by atoms with Gasteiger partial charge >= 0.3 is 6.03 Å². The van der Waals surface area contributed by atoms with Crippen molar-refractivity contribution in [1.82, 2.24) is 0 Å². The summed E-state index contributed by atoms with van der Waals surface area (Å²) >= 11 is 5.87. The first-order valence-electron chi connectivity index (χ1n) is 6.20. The van der Waals surface area contributed by atoms with Gasteiger partial charge in [0.2, 0.25) is 0 Å². The van der Waals surface area contributed by atoms with Crippen LogP contribution in [0.2, 0.25) is 5.02 Å². The number of nitrogens with one attached hydrogen (secondary N) is 2. The lowest BCUT2D eigenvalue weighted by Crippen LogP contribution is -2.20. The monoisotopic (exact) mass is 303 g/mol. The molecule has 0 spiro atoms. The predicted octanol–water partition coefficient (Wildman–Crippen LogP) is 3.39. The number of aryl methyl sites for hydroxylation is 1. The standard InChI is InChI=1S/C15H14ClN3O2/c1-9-7-11(16)5-6-13(9)19-14(20)10-3-2-4-12(8-10)18-15(17)21/h2-8H,1H3,(H,19,20)(H3,17,18,21). The minimum Gasteiger partial charge on any atom is -0.351 e. The van der Waals surface area contributed by atoms with Gasteiger partial charge in [0.15, 0.2) is 0 Å². The number of nitrogens with two attached hydrogens (primary N) is 1. The maximum absolute atomic E-state index is 12.2. The van der Waals surface area contributed by atoms with Crippen LogP contribution >= 0.6 is 11.6 Å². The van der Waals surface area contributed by atoms with Crippen LogP contribution in [0.3, 0.4) is 0 Å². The minimum atomic E-state index is -0.680. The molecule has 0 radical (unpaired) electrons. The average molecular weight is 304 g/mol. The van der Waals surface area contributed by atoms with Crippen molar-refractivity contribution < 1.29 is 9.59 Å². The Bertz CT molecular complexity index is 701. The minimum absolute atomic E-state index is 0.284. The second-order valence-electron chi connectivity index (χ2n) is 4.48. The van der Waals surface area contributed by atoms with E-state index < -0.39 is 6.03 Å². The van der Waals surface area contributed by atoms with Crippen molar-refractivity contribution in [3.63, 3.8) is 0 Å². The molecule has 21 heavy (non-hydrogen) atoms. The fraction of sp³-hybridized carbons (Fsp3) is 0.0667. The summed E-state index contributed by atoms with van der Waals surface area (Å²) in [6.07, 6.45) is 0. The number of rotatable bonds is 3. The van der Waals surface area contributed by atoms with Crippen molar-refractivity contribution in [3.8, 4) is 0 Å². The Kier molecular flexibility index (Phi) is 4.45. The van der Waals surface area contributed by atoms with Crippen LogP contribution in [0.1, 0.15) is 15.9 Å². The molecule has 2 aromatic rings. The first-order valence-corrected chi connectivity index (χ1v) is 6.57. The van der Waals surface area contributed by atoms with Gasteiger partial charge in [-0.25, -0.2) is 4.79 Å². The third-order valence-corrected chi connectivity index (χ3v) is 3.06. The van der Waals surface area contributed by atoms with E-state index in [1.54, 1.807) is 42.5 Å². The molecule has 4 N–H and O–H groups in total. The summed E-state index contributed by atoms with van der Waals surface area (Å²) in [5.41, 5.74) is 7.46. The first-order chi connectivity index (χ1) is 9.95. The Hall–Kier alpha value is -2.53. The lowest BCUT2D eigenvalue weighted by atomic mass is 10.1. The maximum atomic E-state index is 12.2. The summed E-state index contributed by atoms with van der Waals surface area (Å²) in [5.74, 6) is -0.284. The molecule has 0 aliphatic rings. The molecule has 0 saturated heterocycles. The van der Waals surface area contributed by atoms with Crippen LogP contribution in [0.4, 0.5) is 16.2 Å². The number of urea groups is 1. The summed E-state index contributed by atoms with van der Waals surface area (Å²) in [6, 6.07) is 11.0. The number of hydrogen-bond donors (Lipinski definition) is 3. The van der Waals surface area contributed by atoms with Crippen molar-refractivity contribution in [2.24, 2.45) is 5.73 Å². The van der Waals surface area contributed by atoms with E-state index in [9.17, 15) is 9.59 Å².